The standard InChI is InChI=1S/C30H19BrF3N5O5/c31-21-14-19(27(25(15-21)39(42)43)44-17-26(40)36-22-9-2-1-3-10-22)16-35-38-28(18-7-6-8-20(13-18)30(32,33)34)37-24-12-5-4-11-23(24)29(38)41/h1-16H,17H2,(H,36,40). The lowest BCUT2D eigenvalue weighted by Gasteiger charge is -2.13. The second kappa shape index (κ2) is 12.5. The number of carbonyl (C=O) groups is 1. The number of rotatable bonds is 8. The Morgan fingerprint density at radius 2 is 1.77 bits per heavy atom. The van der Waals surface area contributed by atoms with Crippen LogP contribution in [0.25, 0.3) is 22.3 Å². The molecule has 0 fully saturated rings. The Bertz CT molecular complexity index is 1980. The molecule has 0 spiro atoms. The van der Waals surface area contributed by atoms with Crippen molar-refractivity contribution >= 4 is 50.3 Å². The second-order valence-electron chi connectivity index (χ2n) is 9.20. The molecule has 5 rings (SSSR count). The van der Waals surface area contributed by atoms with Crippen LogP contribution in [0, 0.1) is 10.1 Å². The van der Waals surface area contributed by atoms with Gasteiger partial charge in [0.1, 0.15) is 0 Å². The average Bonchev–Trinajstić information content (AvgIpc) is 2.99. The van der Waals surface area contributed by atoms with Crippen LogP contribution < -0.4 is 15.6 Å². The lowest BCUT2D eigenvalue weighted by molar-refractivity contribution is -0.385. The van der Waals surface area contributed by atoms with Crippen molar-refractivity contribution in [1.29, 1.82) is 0 Å². The first-order chi connectivity index (χ1) is 21.0. The number of nitro groups is 1. The maximum atomic E-state index is 13.5. The molecule has 0 aliphatic carbocycles. The number of amides is 1. The van der Waals surface area contributed by atoms with Crippen molar-refractivity contribution in [2.75, 3.05) is 11.9 Å². The lowest BCUT2D eigenvalue weighted by atomic mass is 10.1. The third kappa shape index (κ3) is 6.65. The summed E-state index contributed by atoms with van der Waals surface area (Å²) in [5, 5.41) is 18.8. The number of anilines is 1. The third-order valence-electron chi connectivity index (χ3n) is 6.18. The van der Waals surface area contributed by atoms with Gasteiger partial charge >= 0.3 is 11.9 Å². The fraction of sp³-hybridized carbons (Fsp3) is 0.0667. The summed E-state index contributed by atoms with van der Waals surface area (Å²) < 4.78 is 47.1. The molecule has 0 unspecified atom stereocenters. The molecule has 1 amide bonds. The lowest BCUT2D eigenvalue weighted by Crippen LogP contribution is -2.21. The van der Waals surface area contributed by atoms with E-state index in [1.807, 2.05) is 0 Å². The number of ether oxygens (including phenoxy) is 1. The number of halogens is 4. The highest BCUT2D eigenvalue weighted by atomic mass is 79.9. The van der Waals surface area contributed by atoms with Gasteiger partial charge in [-0.3, -0.25) is 19.7 Å². The zero-order valence-corrected chi connectivity index (χ0v) is 23.9. The minimum atomic E-state index is -4.66. The Morgan fingerprint density at radius 1 is 1.05 bits per heavy atom. The summed E-state index contributed by atoms with van der Waals surface area (Å²) in [4.78, 5) is 41.6. The van der Waals surface area contributed by atoms with Gasteiger partial charge in [0.2, 0.25) is 5.75 Å². The highest BCUT2D eigenvalue weighted by Crippen LogP contribution is 2.35. The normalized spacial score (nSPS) is 11.5. The summed E-state index contributed by atoms with van der Waals surface area (Å²) in [7, 11) is 0. The molecule has 0 bridgehead atoms. The number of para-hydroxylation sites is 2. The van der Waals surface area contributed by atoms with E-state index >= 15 is 0 Å². The van der Waals surface area contributed by atoms with Crippen molar-refractivity contribution < 1.29 is 27.6 Å². The van der Waals surface area contributed by atoms with E-state index in [4.69, 9.17) is 4.74 Å². The molecule has 0 saturated heterocycles. The van der Waals surface area contributed by atoms with E-state index in [-0.39, 0.29) is 38.1 Å². The number of nitro benzene ring substituents is 1. The second-order valence-corrected chi connectivity index (χ2v) is 10.1. The number of aromatic nitrogens is 2. The average molecular weight is 666 g/mol. The van der Waals surface area contributed by atoms with Gasteiger partial charge in [-0.1, -0.05) is 58.4 Å². The molecular formula is C30H19BrF3N5O5. The molecule has 0 aliphatic heterocycles. The monoisotopic (exact) mass is 665 g/mol. The molecule has 5 aromatic rings. The number of fused-ring (bicyclic) bond motifs is 1. The van der Waals surface area contributed by atoms with Crippen LogP contribution in [0.4, 0.5) is 24.5 Å². The first kappa shape index (κ1) is 30.1. The summed E-state index contributed by atoms with van der Waals surface area (Å²) in [5.41, 5.74) is -1.51. The van der Waals surface area contributed by atoms with Crippen molar-refractivity contribution in [3.63, 3.8) is 0 Å². The number of nitrogens with one attached hydrogen (secondary N) is 1. The molecule has 222 valence electrons. The van der Waals surface area contributed by atoms with Crippen molar-refractivity contribution in [1.82, 2.24) is 9.66 Å². The van der Waals surface area contributed by atoms with Gasteiger partial charge in [0, 0.05) is 27.4 Å². The molecule has 10 nitrogen and oxygen atoms in total. The van der Waals surface area contributed by atoms with E-state index in [9.17, 15) is 32.9 Å². The van der Waals surface area contributed by atoms with Gasteiger partial charge in [0.05, 0.1) is 27.6 Å². The Labute approximate surface area is 254 Å². The van der Waals surface area contributed by atoms with E-state index < -0.39 is 40.4 Å². The largest absolute Gasteiger partial charge is 0.476 e. The van der Waals surface area contributed by atoms with E-state index in [0.717, 1.165) is 23.0 Å². The quantitative estimate of drug-likeness (QED) is 0.112. The molecule has 4 aromatic carbocycles. The fourth-order valence-electron chi connectivity index (χ4n) is 4.22. The van der Waals surface area contributed by atoms with Gasteiger partial charge in [-0.05, 0) is 42.5 Å². The molecular weight excluding hydrogens is 647 g/mol. The SMILES string of the molecule is O=C(COc1c(C=Nn2c(-c3cccc(C(F)(F)F)c3)nc3ccccc3c2=O)cc(Br)cc1[N+](=O)[O-])Nc1ccccc1. The topological polar surface area (TPSA) is 129 Å². The minimum absolute atomic E-state index is 0.00589. The van der Waals surface area contributed by atoms with Crippen LogP contribution in [0.15, 0.2) is 105 Å². The molecule has 0 atom stereocenters. The number of nitrogens with zero attached hydrogens (tertiary/aromatic N) is 4. The molecule has 14 heteroatoms. The van der Waals surface area contributed by atoms with E-state index in [2.05, 4.69) is 31.3 Å². The predicted octanol–water partition coefficient (Wildman–Crippen LogP) is 6.65. The molecule has 1 aromatic heterocycles. The maximum absolute atomic E-state index is 13.5. The van der Waals surface area contributed by atoms with Crippen LogP contribution >= 0.6 is 15.9 Å². The van der Waals surface area contributed by atoms with Crippen molar-refractivity contribution in [3.05, 3.63) is 127 Å². The van der Waals surface area contributed by atoms with Gasteiger partial charge in [0.25, 0.3) is 11.5 Å². The van der Waals surface area contributed by atoms with Crippen LogP contribution in [-0.4, -0.2) is 33.3 Å². The molecule has 0 aliphatic rings. The van der Waals surface area contributed by atoms with Crippen molar-refractivity contribution in [2.24, 2.45) is 5.10 Å². The summed E-state index contributed by atoms with van der Waals surface area (Å²) in [6.45, 7) is -0.606. The molecule has 44 heavy (non-hydrogen) atoms. The Morgan fingerprint density at radius 3 is 2.50 bits per heavy atom. The fourth-order valence-corrected chi connectivity index (χ4v) is 4.68. The summed E-state index contributed by atoms with van der Waals surface area (Å²) in [6, 6.07) is 21.5. The Hall–Kier alpha value is -5.37. The molecule has 1 N–H and O–H groups in total. The van der Waals surface area contributed by atoms with Crippen LogP contribution in [-0.2, 0) is 11.0 Å². The Balaban J connectivity index is 1.59. The van der Waals surface area contributed by atoms with E-state index in [1.54, 1.807) is 42.5 Å². The zero-order valence-electron chi connectivity index (χ0n) is 22.3. The first-order valence-corrected chi connectivity index (χ1v) is 13.5. The summed E-state index contributed by atoms with van der Waals surface area (Å²) in [6.07, 6.45) is -3.59. The van der Waals surface area contributed by atoms with Gasteiger partial charge in [-0.15, -0.1) is 0 Å². The van der Waals surface area contributed by atoms with Crippen molar-refractivity contribution in [2.45, 2.75) is 6.18 Å². The van der Waals surface area contributed by atoms with Gasteiger partial charge < -0.3 is 10.1 Å². The highest BCUT2D eigenvalue weighted by Gasteiger charge is 2.31. The van der Waals surface area contributed by atoms with Gasteiger partial charge in [-0.2, -0.15) is 22.9 Å². The Kier molecular flexibility index (Phi) is 8.53. The van der Waals surface area contributed by atoms with E-state index in [1.165, 1.54) is 36.4 Å². The van der Waals surface area contributed by atoms with Gasteiger partial charge in [0.15, 0.2) is 12.4 Å². The van der Waals surface area contributed by atoms with E-state index in [0.29, 0.717) is 5.69 Å². The molecule has 0 saturated carbocycles. The third-order valence-corrected chi connectivity index (χ3v) is 6.64. The number of benzene rings is 4. The zero-order chi connectivity index (χ0) is 31.4. The summed E-state index contributed by atoms with van der Waals surface area (Å²) >= 11 is 3.20. The number of alkyl halides is 3. The van der Waals surface area contributed by atoms with Crippen LogP contribution in [0.2, 0.25) is 0 Å². The maximum Gasteiger partial charge on any atom is 0.416 e. The van der Waals surface area contributed by atoms with Gasteiger partial charge in [-0.25, -0.2) is 4.98 Å². The number of hydrogen-bond acceptors (Lipinski definition) is 7. The number of carbonyl (C=O) groups excluding carboxylic acids is 1. The molecule has 0 radical (unpaired) electrons. The van der Waals surface area contributed by atoms with Crippen LogP contribution in [0.5, 0.6) is 5.75 Å². The minimum Gasteiger partial charge on any atom is -0.476 e. The first-order valence-electron chi connectivity index (χ1n) is 12.7. The molecule has 1 heterocycles. The van der Waals surface area contributed by atoms with Crippen LogP contribution in [0.1, 0.15) is 11.1 Å². The number of hydrogen-bond donors (Lipinski definition) is 1. The smallest absolute Gasteiger partial charge is 0.416 e. The van der Waals surface area contributed by atoms with Crippen LogP contribution in [0.3, 0.4) is 0 Å². The van der Waals surface area contributed by atoms with Crippen molar-refractivity contribution in [3.8, 4) is 17.1 Å². The summed E-state index contributed by atoms with van der Waals surface area (Å²) in [5.74, 6) is -1.13. The predicted molar refractivity (Wildman–Crippen MR) is 161 cm³/mol. The highest BCUT2D eigenvalue weighted by molar-refractivity contribution is 9.10.